The largest absolute Gasteiger partial charge is 1.00 e. The quantitative estimate of drug-likeness (QED) is 0.447. The molecule has 1 aliphatic rings. The Morgan fingerprint density at radius 3 is 2.21 bits per heavy atom. The second-order valence-electron chi connectivity index (χ2n) is 7.85. The van der Waals surface area contributed by atoms with Crippen molar-refractivity contribution < 1.29 is 42.8 Å². The van der Waals surface area contributed by atoms with Crippen LogP contribution in [0.25, 0.3) is 0 Å². The lowest BCUT2D eigenvalue weighted by atomic mass is 9.91. The molecule has 2 aromatic rings. The van der Waals surface area contributed by atoms with Crippen LogP contribution in [0, 0.1) is 0 Å². The first-order valence-electron chi connectivity index (χ1n) is 9.41. The molecule has 0 fully saturated rings. The van der Waals surface area contributed by atoms with E-state index in [4.69, 9.17) is 14.2 Å². The monoisotopic (exact) mass is 495 g/mol. The van der Waals surface area contributed by atoms with Crippen molar-refractivity contribution in [1.29, 1.82) is 0 Å². The molecule has 0 saturated carbocycles. The predicted octanol–water partition coefficient (Wildman–Crippen LogP) is 1.25. The normalized spacial score (nSPS) is 16.2. The third-order valence-electron chi connectivity index (χ3n) is 5.51. The first kappa shape index (κ1) is 22.5. The number of benzene rings is 2. The van der Waals surface area contributed by atoms with Gasteiger partial charge in [-0.2, -0.15) is 4.58 Å². The van der Waals surface area contributed by atoms with Crippen molar-refractivity contribution in [1.82, 2.24) is 0 Å². The van der Waals surface area contributed by atoms with E-state index in [1.165, 1.54) is 11.1 Å². The van der Waals surface area contributed by atoms with E-state index in [0.29, 0.717) is 12.5 Å². The van der Waals surface area contributed by atoms with Gasteiger partial charge in [-0.15, -0.1) is 0 Å². The molecule has 0 N–H and O–H groups in total. The van der Waals surface area contributed by atoms with Crippen LogP contribution in [0.5, 0.6) is 11.5 Å². The van der Waals surface area contributed by atoms with Gasteiger partial charge in [0.2, 0.25) is 0 Å². The second kappa shape index (κ2) is 9.16. The maximum Gasteiger partial charge on any atom is 0.370 e. The van der Waals surface area contributed by atoms with Crippen LogP contribution in [0.15, 0.2) is 42.5 Å². The summed E-state index contributed by atoms with van der Waals surface area (Å²) in [6.07, 6.45) is 0.890. The van der Waals surface area contributed by atoms with Crippen molar-refractivity contribution >= 4 is 5.90 Å². The number of ether oxygens (including phenoxy) is 3. The van der Waals surface area contributed by atoms with Crippen LogP contribution in [0.1, 0.15) is 43.4 Å². The van der Waals surface area contributed by atoms with Gasteiger partial charge in [0.25, 0.3) is 0 Å². The summed E-state index contributed by atoms with van der Waals surface area (Å²) >= 11 is 0. The summed E-state index contributed by atoms with van der Waals surface area (Å²) in [5.74, 6) is 2.74. The fraction of sp³-hybridized carbons (Fsp3) is 0.435. The van der Waals surface area contributed by atoms with E-state index >= 15 is 0 Å². The van der Waals surface area contributed by atoms with Gasteiger partial charge in [-0.05, 0) is 29.5 Å². The minimum absolute atomic E-state index is 0. The molecule has 0 aliphatic carbocycles. The zero-order valence-electron chi connectivity index (χ0n) is 17.6. The standard InChI is InChI=1S/C23H30NO3.HI/c1-16(17-10-8-7-9-11-17)12-18-13-20(25-5)21(26-6)14-19(18)22-24(4)23(2,3)15-27-22;/h7-11,13-14,16H,12,15H2,1-6H3;1H/q+1;/p-1. The first-order valence-corrected chi connectivity index (χ1v) is 9.41. The minimum Gasteiger partial charge on any atom is -1.00 e. The van der Waals surface area contributed by atoms with Gasteiger partial charge in [0.1, 0.15) is 7.05 Å². The van der Waals surface area contributed by atoms with Crippen LogP contribution in [-0.4, -0.2) is 43.9 Å². The summed E-state index contributed by atoms with van der Waals surface area (Å²) in [5, 5.41) is 0. The molecule has 3 rings (SSSR count). The molecule has 152 valence electrons. The zero-order valence-corrected chi connectivity index (χ0v) is 19.7. The maximum atomic E-state index is 6.11. The molecule has 4 nitrogen and oxygen atoms in total. The molecule has 0 aromatic heterocycles. The number of hydrogen-bond donors (Lipinski definition) is 0. The van der Waals surface area contributed by atoms with Crippen molar-refractivity contribution in [3.8, 4) is 11.5 Å². The zero-order chi connectivity index (χ0) is 19.6. The Morgan fingerprint density at radius 2 is 1.68 bits per heavy atom. The highest BCUT2D eigenvalue weighted by Gasteiger charge is 2.41. The fourth-order valence-electron chi connectivity index (χ4n) is 3.49. The first-order chi connectivity index (χ1) is 12.9. The third-order valence-corrected chi connectivity index (χ3v) is 5.51. The van der Waals surface area contributed by atoms with Gasteiger partial charge in [0, 0.05) is 19.9 Å². The molecule has 1 atom stereocenters. The number of halogens is 1. The van der Waals surface area contributed by atoms with E-state index < -0.39 is 0 Å². The van der Waals surface area contributed by atoms with E-state index in [0.717, 1.165) is 29.4 Å². The summed E-state index contributed by atoms with van der Waals surface area (Å²) in [4.78, 5) is 0. The van der Waals surface area contributed by atoms with E-state index in [-0.39, 0.29) is 29.5 Å². The van der Waals surface area contributed by atoms with E-state index in [1.54, 1.807) is 14.2 Å². The molecule has 1 heterocycles. The smallest absolute Gasteiger partial charge is 0.370 e. The molecule has 1 aliphatic heterocycles. The summed E-state index contributed by atoms with van der Waals surface area (Å²) in [6.45, 7) is 7.30. The molecule has 1 unspecified atom stereocenters. The number of likely N-dealkylation sites (N-methyl/N-ethyl adjacent to an activating group) is 1. The van der Waals surface area contributed by atoms with Crippen molar-refractivity contribution in [2.45, 2.75) is 38.6 Å². The lowest BCUT2D eigenvalue weighted by Crippen LogP contribution is -3.00. The SMILES string of the molecule is COc1cc(CC(C)c2ccccc2)c(C2=[N+](C)C(C)(C)CO2)cc1OC.[I-]. The van der Waals surface area contributed by atoms with Crippen molar-refractivity contribution in [3.05, 3.63) is 59.2 Å². The van der Waals surface area contributed by atoms with E-state index in [2.05, 4.69) is 68.8 Å². The Kier molecular flexibility index (Phi) is 7.37. The molecule has 28 heavy (non-hydrogen) atoms. The molecule has 0 amide bonds. The molecule has 0 spiro atoms. The summed E-state index contributed by atoms with van der Waals surface area (Å²) in [5.41, 5.74) is 3.56. The number of hydrogen-bond acceptors (Lipinski definition) is 3. The predicted molar refractivity (Wildman–Crippen MR) is 108 cm³/mol. The van der Waals surface area contributed by atoms with Crippen molar-refractivity contribution in [3.63, 3.8) is 0 Å². The topological polar surface area (TPSA) is 30.7 Å². The van der Waals surface area contributed by atoms with Crippen LogP contribution in [0.3, 0.4) is 0 Å². The average Bonchev–Trinajstić information content (AvgIpc) is 2.95. The van der Waals surface area contributed by atoms with Crippen LogP contribution in [0.2, 0.25) is 0 Å². The molecule has 0 bridgehead atoms. The van der Waals surface area contributed by atoms with Crippen LogP contribution < -0.4 is 33.5 Å². The van der Waals surface area contributed by atoms with Crippen LogP contribution in [0.4, 0.5) is 0 Å². The van der Waals surface area contributed by atoms with Crippen LogP contribution in [-0.2, 0) is 11.2 Å². The Morgan fingerprint density at radius 1 is 1.07 bits per heavy atom. The highest BCUT2D eigenvalue weighted by atomic mass is 127. The Balaban J connectivity index is 0.00000280. The van der Waals surface area contributed by atoms with Gasteiger partial charge in [0.15, 0.2) is 23.6 Å². The third kappa shape index (κ3) is 4.45. The molecular weight excluding hydrogens is 465 g/mol. The average molecular weight is 495 g/mol. The summed E-state index contributed by atoms with van der Waals surface area (Å²) in [6, 6.07) is 14.7. The van der Waals surface area contributed by atoms with Gasteiger partial charge in [-0.3, -0.25) is 0 Å². The summed E-state index contributed by atoms with van der Waals surface area (Å²) in [7, 11) is 5.43. The van der Waals surface area contributed by atoms with Gasteiger partial charge < -0.3 is 38.2 Å². The molecular formula is C23H30INO3. The number of nitrogens with zero attached hydrogens (tertiary/aromatic N) is 1. The van der Waals surface area contributed by atoms with E-state index in [9.17, 15) is 0 Å². The molecule has 0 radical (unpaired) electrons. The summed E-state index contributed by atoms with van der Waals surface area (Å²) < 4.78 is 19.4. The Bertz CT molecular complexity index is 846. The Hall–Kier alpha value is -1.76. The molecule has 2 aromatic carbocycles. The van der Waals surface area contributed by atoms with Gasteiger partial charge >= 0.3 is 5.90 Å². The number of methoxy groups -OCH3 is 2. The van der Waals surface area contributed by atoms with Gasteiger partial charge in [0.05, 0.1) is 19.8 Å². The molecule has 5 heteroatoms. The second-order valence-corrected chi connectivity index (χ2v) is 7.85. The van der Waals surface area contributed by atoms with Crippen molar-refractivity contribution in [2.75, 3.05) is 27.9 Å². The van der Waals surface area contributed by atoms with E-state index in [1.807, 2.05) is 6.07 Å². The van der Waals surface area contributed by atoms with Gasteiger partial charge in [-0.1, -0.05) is 37.3 Å². The van der Waals surface area contributed by atoms with Crippen molar-refractivity contribution in [2.24, 2.45) is 0 Å². The lowest BCUT2D eigenvalue weighted by Gasteiger charge is -2.17. The van der Waals surface area contributed by atoms with Gasteiger partial charge in [-0.25, -0.2) is 0 Å². The Labute approximate surface area is 185 Å². The fourth-order valence-corrected chi connectivity index (χ4v) is 3.49. The highest BCUT2D eigenvalue weighted by molar-refractivity contribution is 5.93. The maximum absolute atomic E-state index is 6.11. The number of rotatable bonds is 6. The lowest BCUT2D eigenvalue weighted by molar-refractivity contribution is -0.562. The molecule has 0 saturated heterocycles. The van der Waals surface area contributed by atoms with Crippen LogP contribution >= 0.6 is 0 Å². The minimum atomic E-state index is -0.0369. The highest BCUT2D eigenvalue weighted by Crippen LogP contribution is 2.35.